The van der Waals surface area contributed by atoms with E-state index in [4.69, 9.17) is 10.8 Å². The average molecular weight is 289 g/mol. The van der Waals surface area contributed by atoms with E-state index in [1.54, 1.807) is 18.2 Å². The topological polar surface area (TPSA) is 123 Å². The average Bonchev–Trinajstić information content (AvgIpc) is 2.86. The summed E-state index contributed by atoms with van der Waals surface area (Å²) < 4.78 is 1.19. The van der Waals surface area contributed by atoms with Crippen molar-refractivity contribution in [3.8, 4) is 0 Å². The predicted octanol–water partition coefficient (Wildman–Crippen LogP) is 0.183. The first-order valence-electron chi connectivity index (χ1n) is 6.21. The number of hydrogen-bond donors (Lipinski definition) is 3. The first-order chi connectivity index (χ1) is 9.95. The highest BCUT2D eigenvalue weighted by atomic mass is 16.4. The molecule has 0 unspecified atom stereocenters. The molecule has 0 aliphatic carbocycles. The third-order valence-electron chi connectivity index (χ3n) is 2.85. The number of hydrogen-bond acceptors (Lipinski definition) is 5. The lowest BCUT2D eigenvalue weighted by atomic mass is 10.1. The molecular formula is C13H15N5O3. The van der Waals surface area contributed by atoms with Crippen molar-refractivity contribution in [2.24, 2.45) is 0 Å². The van der Waals surface area contributed by atoms with E-state index >= 15 is 0 Å². The Morgan fingerprint density at radius 1 is 1.43 bits per heavy atom. The van der Waals surface area contributed by atoms with Gasteiger partial charge in [-0.3, -0.25) is 9.59 Å². The zero-order valence-corrected chi connectivity index (χ0v) is 11.4. The number of carboxylic acid groups (broad SMARTS) is 1. The summed E-state index contributed by atoms with van der Waals surface area (Å²) in [4.78, 5) is 22.5. The van der Waals surface area contributed by atoms with E-state index in [-0.39, 0.29) is 19.0 Å². The summed E-state index contributed by atoms with van der Waals surface area (Å²) >= 11 is 0. The van der Waals surface area contributed by atoms with Gasteiger partial charge in [0.05, 0.1) is 12.7 Å². The van der Waals surface area contributed by atoms with Gasteiger partial charge in [-0.15, -0.1) is 5.10 Å². The van der Waals surface area contributed by atoms with Gasteiger partial charge < -0.3 is 16.2 Å². The molecule has 1 aromatic carbocycles. The molecule has 0 fully saturated rings. The number of anilines is 1. The lowest BCUT2D eigenvalue weighted by Crippen LogP contribution is -2.23. The highest BCUT2D eigenvalue weighted by molar-refractivity contribution is 5.94. The Balaban J connectivity index is 1.95. The molecule has 0 saturated heterocycles. The maximum absolute atomic E-state index is 12.0. The summed E-state index contributed by atoms with van der Waals surface area (Å²) in [6, 6.07) is 5.01. The van der Waals surface area contributed by atoms with E-state index in [1.165, 1.54) is 10.9 Å². The van der Waals surface area contributed by atoms with Crippen LogP contribution in [0.5, 0.6) is 0 Å². The largest absolute Gasteiger partial charge is 0.480 e. The molecule has 0 spiro atoms. The van der Waals surface area contributed by atoms with Gasteiger partial charge in [0, 0.05) is 11.3 Å². The number of nitrogens with two attached hydrogens (primary N) is 1. The number of nitrogens with one attached hydrogen (secondary N) is 1. The summed E-state index contributed by atoms with van der Waals surface area (Å²) in [5.41, 5.74) is 8.14. The summed E-state index contributed by atoms with van der Waals surface area (Å²) in [5, 5.41) is 18.7. The van der Waals surface area contributed by atoms with Gasteiger partial charge in [0.1, 0.15) is 12.2 Å². The zero-order chi connectivity index (χ0) is 15.4. The van der Waals surface area contributed by atoms with Crippen LogP contribution in [0, 0.1) is 6.92 Å². The summed E-state index contributed by atoms with van der Waals surface area (Å²) in [5.74, 6) is -1.27. The number of rotatable bonds is 5. The van der Waals surface area contributed by atoms with Crippen LogP contribution in [0.4, 0.5) is 5.69 Å². The van der Waals surface area contributed by atoms with Crippen LogP contribution in [-0.2, 0) is 17.9 Å². The Hall–Kier alpha value is -2.90. The van der Waals surface area contributed by atoms with Crippen molar-refractivity contribution in [3.63, 3.8) is 0 Å². The molecule has 2 rings (SSSR count). The van der Waals surface area contributed by atoms with E-state index in [1.807, 2.05) is 6.92 Å². The standard InChI is InChI=1S/C13H15N5O3/c1-8-4-9(2-3-11(8)14)13(21)15-5-10-6-18(17-16-10)7-12(19)20/h2-4,6H,5,7,14H2,1H3,(H,15,21)(H,19,20). The van der Waals surface area contributed by atoms with Gasteiger partial charge in [-0.05, 0) is 30.7 Å². The zero-order valence-electron chi connectivity index (χ0n) is 11.4. The van der Waals surface area contributed by atoms with Gasteiger partial charge in [-0.25, -0.2) is 4.68 Å². The third kappa shape index (κ3) is 3.78. The van der Waals surface area contributed by atoms with E-state index in [2.05, 4.69) is 15.6 Å². The van der Waals surface area contributed by atoms with Gasteiger partial charge in [0.15, 0.2) is 0 Å². The molecule has 1 amide bonds. The quantitative estimate of drug-likeness (QED) is 0.675. The molecule has 0 radical (unpaired) electrons. The lowest BCUT2D eigenvalue weighted by molar-refractivity contribution is -0.137. The first kappa shape index (κ1) is 14.5. The molecular weight excluding hydrogens is 274 g/mol. The summed E-state index contributed by atoms with van der Waals surface area (Å²) in [6.45, 7) is 1.73. The molecule has 1 heterocycles. The van der Waals surface area contributed by atoms with Crippen LogP contribution < -0.4 is 11.1 Å². The van der Waals surface area contributed by atoms with Crippen LogP contribution >= 0.6 is 0 Å². The molecule has 2 aromatic rings. The number of aliphatic carboxylic acids is 1. The number of aryl methyl sites for hydroxylation is 1. The fraction of sp³-hybridized carbons (Fsp3) is 0.231. The van der Waals surface area contributed by atoms with E-state index < -0.39 is 5.97 Å². The predicted molar refractivity (Wildman–Crippen MR) is 74.4 cm³/mol. The molecule has 1 aromatic heterocycles. The summed E-state index contributed by atoms with van der Waals surface area (Å²) in [6.07, 6.45) is 1.47. The number of carbonyl (C=O) groups is 2. The van der Waals surface area contributed by atoms with E-state index in [0.29, 0.717) is 16.9 Å². The second kappa shape index (κ2) is 6.04. The minimum Gasteiger partial charge on any atom is -0.480 e. The van der Waals surface area contributed by atoms with Crippen LogP contribution in [0.15, 0.2) is 24.4 Å². The molecule has 0 saturated carbocycles. The number of aromatic nitrogens is 3. The molecule has 0 atom stereocenters. The van der Waals surface area contributed by atoms with Crippen molar-refractivity contribution in [2.75, 3.05) is 5.73 Å². The minimum atomic E-state index is -1.01. The smallest absolute Gasteiger partial charge is 0.325 e. The van der Waals surface area contributed by atoms with Gasteiger partial charge in [-0.1, -0.05) is 5.21 Å². The molecule has 8 heteroatoms. The van der Waals surface area contributed by atoms with E-state index in [9.17, 15) is 9.59 Å². The number of nitrogen functional groups attached to an aromatic ring is 1. The Morgan fingerprint density at radius 3 is 2.86 bits per heavy atom. The van der Waals surface area contributed by atoms with Crippen molar-refractivity contribution >= 4 is 17.6 Å². The second-order valence-corrected chi connectivity index (χ2v) is 4.56. The Kier molecular flexibility index (Phi) is 4.17. The monoisotopic (exact) mass is 289 g/mol. The third-order valence-corrected chi connectivity index (χ3v) is 2.85. The van der Waals surface area contributed by atoms with Gasteiger partial charge >= 0.3 is 5.97 Å². The number of nitrogens with zero attached hydrogens (tertiary/aromatic N) is 3. The van der Waals surface area contributed by atoms with Crippen molar-refractivity contribution in [3.05, 3.63) is 41.2 Å². The molecule has 110 valence electrons. The highest BCUT2D eigenvalue weighted by Gasteiger charge is 2.09. The van der Waals surface area contributed by atoms with Crippen molar-refractivity contribution in [1.29, 1.82) is 0 Å². The molecule has 0 bridgehead atoms. The fourth-order valence-corrected chi connectivity index (χ4v) is 1.73. The SMILES string of the molecule is Cc1cc(C(=O)NCc2cn(CC(=O)O)nn2)ccc1N. The van der Waals surface area contributed by atoms with Gasteiger partial charge in [0.2, 0.25) is 0 Å². The Labute approximate surface area is 120 Å². The molecule has 0 aliphatic rings. The molecule has 8 nitrogen and oxygen atoms in total. The Bertz CT molecular complexity index is 680. The van der Waals surface area contributed by atoms with Crippen molar-refractivity contribution in [2.45, 2.75) is 20.0 Å². The fourth-order valence-electron chi connectivity index (χ4n) is 1.73. The maximum atomic E-state index is 12.0. The lowest BCUT2D eigenvalue weighted by Gasteiger charge is -2.05. The van der Waals surface area contributed by atoms with Gasteiger partial charge in [-0.2, -0.15) is 0 Å². The Morgan fingerprint density at radius 2 is 2.19 bits per heavy atom. The number of carbonyl (C=O) groups excluding carboxylic acids is 1. The number of benzene rings is 1. The maximum Gasteiger partial charge on any atom is 0.325 e. The van der Waals surface area contributed by atoms with Crippen molar-refractivity contribution < 1.29 is 14.7 Å². The molecule has 4 N–H and O–H groups in total. The molecule has 21 heavy (non-hydrogen) atoms. The van der Waals surface area contributed by atoms with Crippen LogP contribution in [-0.4, -0.2) is 32.0 Å². The van der Waals surface area contributed by atoms with Crippen LogP contribution in [0.3, 0.4) is 0 Å². The van der Waals surface area contributed by atoms with Crippen LogP contribution in [0.2, 0.25) is 0 Å². The number of amides is 1. The van der Waals surface area contributed by atoms with Crippen LogP contribution in [0.25, 0.3) is 0 Å². The van der Waals surface area contributed by atoms with Crippen molar-refractivity contribution in [1.82, 2.24) is 20.3 Å². The minimum absolute atomic E-state index is 0.169. The second-order valence-electron chi connectivity index (χ2n) is 4.56. The molecule has 0 aliphatic heterocycles. The first-order valence-corrected chi connectivity index (χ1v) is 6.21. The summed E-state index contributed by atoms with van der Waals surface area (Å²) in [7, 11) is 0. The van der Waals surface area contributed by atoms with E-state index in [0.717, 1.165) is 5.56 Å². The van der Waals surface area contributed by atoms with Crippen LogP contribution in [0.1, 0.15) is 21.6 Å². The number of carboxylic acids is 1. The highest BCUT2D eigenvalue weighted by Crippen LogP contribution is 2.12. The van der Waals surface area contributed by atoms with Gasteiger partial charge in [0.25, 0.3) is 5.91 Å². The normalized spacial score (nSPS) is 10.3.